The molecule has 1 heterocycles. The van der Waals surface area contributed by atoms with Crippen molar-refractivity contribution in [1.29, 1.82) is 0 Å². The topological polar surface area (TPSA) is 78.7 Å². The molecule has 1 amide bonds. The number of halogens is 1. The molecule has 0 aliphatic heterocycles. The van der Waals surface area contributed by atoms with Gasteiger partial charge in [0, 0.05) is 19.1 Å². The number of aliphatic imine (C=N–C) groups is 1. The van der Waals surface area contributed by atoms with Crippen molar-refractivity contribution in [3.8, 4) is 0 Å². The molecule has 0 unspecified atom stereocenters. The van der Waals surface area contributed by atoms with E-state index in [4.69, 9.17) is 4.42 Å². The maximum absolute atomic E-state index is 11.7. The second-order valence-corrected chi connectivity index (χ2v) is 5.47. The van der Waals surface area contributed by atoms with Crippen LogP contribution in [0, 0.1) is 0 Å². The van der Waals surface area contributed by atoms with Gasteiger partial charge in [-0.1, -0.05) is 19.3 Å². The number of rotatable bonds is 6. The Morgan fingerprint density at radius 2 is 2.09 bits per heavy atom. The summed E-state index contributed by atoms with van der Waals surface area (Å²) in [6.45, 7) is 3.91. The number of guanidine groups is 1. The first-order chi connectivity index (χ1) is 10.8. The number of furan rings is 1. The van der Waals surface area contributed by atoms with Crippen LogP contribution in [0.15, 0.2) is 27.8 Å². The van der Waals surface area contributed by atoms with Crippen LogP contribution in [0.4, 0.5) is 0 Å². The molecule has 2 rings (SSSR count). The average Bonchev–Trinajstić information content (AvgIpc) is 3.07. The van der Waals surface area contributed by atoms with Gasteiger partial charge in [-0.25, -0.2) is 0 Å². The fraction of sp³-hybridized carbons (Fsp3) is 0.625. The quantitative estimate of drug-likeness (QED) is 0.278. The van der Waals surface area contributed by atoms with E-state index < -0.39 is 0 Å². The Bertz CT molecular complexity index is 470. The highest BCUT2D eigenvalue weighted by Gasteiger charge is 2.14. The molecule has 1 aromatic heterocycles. The van der Waals surface area contributed by atoms with Gasteiger partial charge in [-0.3, -0.25) is 9.79 Å². The predicted octanol–water partition coefficient (Wildman–Crippen LogP) is 2.52. The van der Waals surface area contributed by atoms with Gasteiger partial charge in [0.25, 0.3) is 5.91 Å². The molecule has 0 atom stereocenters. The first-order valence-electron chi connectivity index (χ1n) is 8.16. The van der Waals surface area contributed by atoms with Gasteiger partial charge in [-0.05, 0) is 31.9 Å². The monoisotopic (exact) mass is 434 g/mol. The molecule has 1 aromatic rings. The number of carbonyl (C=O) groups is 1. The van der Waals surface area contributed by atoms with Crippen molar-refractivity contribution in [3.63, 3.8) is 0 Å². The fourth-order valence-electron chi connectivity index (χ4n) is 2.59. The Morgan fingerprint density at radius 1 is 1.30 bits per heavy atom. The van der Waals surface area contributed by atoms with Crippen molar-refractivity contribution in [1.82, 2.24) is 16.0 Å². The molecular weight excluding hydrogens is 407 g/mol. The lowest BCUT2D eigenvalue weighted by atomic mass is 9.96. The number of hydrogen-bond acceptors (Lipinski definition) is 3. The van der Waals surface area contributed by atoms with E-state index in [2.05, 4.69) is 27.9 Å². The molecule has 130 valence electrons. The summed E-state index contributed by atoms with van der Waals surface area (Å²) in [6, 6.07) is 3.86. The molecule has 0 aromatic carbocycles. The van der Waals surface area contributed by atoms with Crippen LogP contribution >= 0.6 is 24.0 Å². The minimum atomic E-state index is -0.203. The summed E-state index contributed by atoms with van der Waals surface area (Å²) in [7, 11) is 0. The first kappa shape index (κ1) is 19.8. The van der Waals surface area contributed by atoms with Crippen molar-refractivity contribution >= 4 is 35.8 Å². The van der Waals surface area contributed by atoms with Crippen molar-refractivity contribution in [3.05, 3.63) is 24.2 Å². The van der Waals surface area contributed by atoms with Gasteiger partial charge in [0.2, 0.25) is 0 Å². The Kier molecular flexibility index (Phi) is 9.74. The van der Waals surface area contributed by atoms with E-state index in [0.29, 0.717) is 24.9 Å². The zero-order valence-corrected chi connectivity index (χ0v) is 16.0. The number of amides is 1. The standard InChI is InChI=1S/C16H26N4O2.HI/c1-2-17-16(20-13-7-4-3-5-8-13)19-11-10-18-15(21)14-9-6-12-22-14;/h6,9,12-13H,2-5,7-8,10-11H2,1H3,(H,18,21)(H2,17,19,20);1H. The zero-order chi connectivity index (χ0) is 15.6. The van der Waals surface area contributed by atoms with Crippen LogP contribution in [0.3, 0.4) is 0 Å². The molecular formula is C16H27IN4O2. The second kappa shape index (κ2) is 11.3. The summed E-state index contributed by atoms with van der Waals surface area (Å²) in [5.41, 5.74) is 0. The minimum absolute atomic E-state index is 0. The van der Waals surface area contributed by atoms with Gasteiger partial charge in [0.15, 0.2) is 11.7 Å². The lowest BCUT2D eigenvalue weighted by Gasteiger charge is -2.24. The van der Waals surface area contributed by atoms with Crippen LogP contribution < -0.4 is 16.0 Å². The molecule has 1 saturated carbocycles. The fourth-order valence-corrected chi connectivity index (χ4v) is 2.59. The molecule has 0 radical (unpaired) electrons. The minimum Gasteiger partial charge on any atom is -0.459 e. The third-order valence-corrected chi connectivity index (χ3v) is 3.70. The van der Waals surface area contributed by atoms with E-state index in [1.54, 1.807) is 12.1 Å². The van der Waals surface area contributed by atoms with Gasteiger partial charge in [-0.15, -0.1) is 24.0 Å². The molecule has 1 fully saturated rings. The summed E-state index contributed by atoms with van der Waals surface area (Å²) in [5.74, 6) is 0.961. The lowest BCUT2D eigenvalue weighted by Crippen LogP contribution is -2.44. The molecule has 1 aliphatic carbocycles. The highest BCUT2D eigenvalue weighted by atomic mass is 127. The van der Waals surface area contributed by atoms with E-state index in [1.165, 1.54) is 38.4 Å². The normalized spacial score (nSPS) is 15.6. The van der Waals surface area contributed by atoms with E-state index in [1.807, 2.05) is 0 Å². The maximum Gasteiger partial charge on any atom is 0.287 e. The van der Waals surface area contributed by atoms with Gasteiger partial charge in [-0.2, -0.15) is 0 Å². The van der Waals surface area contributed by atoms with E-state index in [0.717, 1.165) is 12.5 Å². The van der Waals surface area contributed by atoms with Gasteiger partial charge >= 0.3 is 0 Å². The van der Waals surface area contributed by atoms with E-state index in [9.17, 15) is 4.79 Å². The van der Waals surface area contributed by atoms with Crippen molar-refractivity contribution in [2.45, 2.75) is 45.1 Å². The van der Waals surface area contributed by atoms with Crippen LogP contribution in [0.5, 0.6) is 0 Å². The Morgan fingerprint density at radius 3 is 2.74 bits per heavy atom. The molecule has 7 heteroatoms. The van der Waals surface area contributed by atoms with E-state index in [-0.39, 0.29) is 29.9 Å². The third-order valence-electron chi connectivity index (χ3n) is 3.70. The summed E-state index contributed by atoms with van der Waals surface area (Å²) in [6.07, 6.45) is 7.82. The molecule has 0 spiro atoms. The highest BCUT2D eigenvalue weighted by Crippen LogP contribution is 2.17. The van der Waals surface area contributed by atoms with Crippen LogP contribution in [-0.4, -0.2) is 37.5 Å². The van der Waals surface area contributed by atoms with Gasteiger partial charge in [0.05, 0.1) is 12.8 Å². The summed E-state index contributed by atoms with van der Waals surface area (Å²) in [5, 5.41) is 9.52. The summed E-state index contributed by atoms with van der Waals surface area (Å²) < 4.78 is 5.04. The maximum atomic E-state index is 11.7. The lowest BCUT2D eigenvalue weighted by molar-refractivity contribution is 0.0927. The second-order valence-electron chi connectivity index (χ2n) is 5.47. The molecule has 6 nitrogen and oxygen atoms in total. The first-order valence-corrected chi connectivity index (χ1v) is 8.16. The van der Waals surface area contributed by atoms with E-state index >= 15 is 0 Å². The Hall–Kier alpha value is -1.25. The largest absolute Gasteiger partial charge is 0.459 e. The molecule has 0 saturated heterocycles. The average molecular weight is 434 g/mol. The SMILES string of the molecule is CCNC(=NCCNC(=O)c1ccco1)NC1CCCCC1.I. The van der Waals surface area contributed by atoms with Crippen molar-refractivity contribution < 1.29 is 9.21 Å². The molecule has 23 heavy (non-hydrogen) atoms. The number of nitrogens with zero attached hydrogens (tertiary/aromatic N) is 1. The zero-order valence-electron chi connectivity index (χ0n) is 13.6. The Balaban J connectivity index is 0.00000264. The predicted molar refractivity (Wildman–Crippen MR) is 102 cm³/mol. The summed E-state index contributed by atoms with van der Waals surface area (Å²) in [4.78, 5) is 16.2. The van der Waals surface area contributed by atoms with Gasteiger partial charge in [0.1, 0.15) is 0 Å². The summed E-state index contributed by atoms with van der Waals surface area (Å²) >= 11 is 0. The van der Waals surface area contributed by atoms with Crippen LogP contribution in [0.25, 0.3) is 0 Å². The smallest absolute Gasteiger partial charge is 0.287 e. The van der Waals surface area contributed by atoms with Gasteiger partial charge < -0.3 is 20.4 Å². The number of carbonyl (C=O) groups excluding carboxylic acids is 1. The highest BCUT2D eigenvalue weighted by molar-refractivity contribution is 14.0. The molecule has 1 aliphatic rings. The molecule has 0 bridgehead atoms. The number of hydrogen-bond donors (Lipinski definition) is 3. The Labute approximate surface area is 154 Å². The van der Waals surface area contributed by atoms with Crippen molar-refractivity contribution in [2.75, 3.05) is 19.6 Å². The van der Waals surface area contributed by atoms with Crippen LogP contribution in [0.2, 0.25) is 0 Å². The van der Waals surface area contributed by atoms with Crippen molar-refractivity contribution in [2.24, 2.45) is 4.99 Å². The molecule has 3 N–H and O–H groups in total. The van der Waals surface area contributed by atoms with Crippen LogP contribution in [-0.2, 0) is 0 Å². The number of nitrogens with one attached hydrogen (secondary N) is 3. The van der Waals surface area contributed by atoms with Crippen LogP contribution in [0.1, 0.15) is 49.6 Å². The third kappa shape index (κ3) is 7.24.